The fourth-order valence-electron chi connectivity index (χ4n) is 3.28. The summed E-state index contributed by atoms with van der Waals surface area (Å²) >= 11 is 0. The van der Waals surface area contributed by atoms with E-state index in [0.717, 1.165) is 5.56 Å². The van der Waals surface area contributed by atoms with Crippen LogP contribution in [0.2, 0.25) is 0 Å². The average molecular weight is 377 g/mol. The van der Waals surface area contributed by atoms with Gasteiger partial charge in [-0.25, -0.2) is 13.1 Å². The van der Waals surface area contributed by atoms with Gasteiger partial charge in [-0.15, -0.1) is 0 Å². The zero-order valence-electron chi connectivity index (χ0n) is 15.1. The summed E-state index contributed by atoms with van der Waals surface area (Å²) in [6, 6.07) is 8.91. The molecule has 0 saturated carbocycles. The molecule has 0 aromatic heterocycles. The predicted molar refractivity (Wildman–Crippen MR) is 98.0 cm³/mol. The minimum absolute atomic E-state index is 0.130. The normalized spacial score (nSPS) is 14.5. The third-order valence-electron chi connectivity index (χ3n) is 4.36. The molecule has 0 saturated heterocycles. The molecular formula is C19H23NO5S. The van der Waals surface area contributed by atoms with E-state index < -0.39 is 16.1 Å². The van der Waals surface area contributed by atoms with Crippen molar-refractivity contribution in [3.63, 3.8) is 0 Å². The van der Waals surface area contributed by atoms with Crippen LogP contribution in [0.3, 0.4) is 0 Å². The Labute approximate surface area is 153 Å². The molecule has 0 spiro atoms. The first-order chi connectivity index (χ1) is 12.3. The molecule has 140 valence electrons. The number of aliphatic hydroxyl groups is 1. The summed E-state index contributed by atoms with van der Waals surface area (Å²) in [5.41, 5.74) is 3.12. The highest BCUT2D eigenvalue weighted by molar-refractivity contribution is 7.89. The van der Waals surface area contributed by atoms with E-state index in [2.05, 4.69) is 4.72 Å². The fourth-order valence-corrected chi connectivity index (χ4v) is 4.78. The van der Waals surface area contributed by atoms with E-state index in [1.807, 2.05) is 19.1 Å². The van der Waals surface area contributed by atoms with Crippen LogP contribution in [0.15, 0.2) is 35.2 Å². The summed E-state index contributed by atoms with van der Waals surface area (Å²) in [4.78, 5) is 0.306. The molecular weight excluding hydrogens is 354 g/mol. The number of benzene rings is 2. The summed E-state index contributed by atoms with van der Waals surface area (Å²) in [5.74, 6) is 1.24. The van der Waals surface area contributed by atoms with Gasteiger partial charge < -0.3 is 14.6 Å². The quantitative estimate of drug-likeness (QED) is 0.809. The average Bonchev–Trinajstić information content (AvgIpc) is 3.00. The van der Waals surface area contributed by atoms with Gasteiger partial charge in [0.25, 0.3) is 0 Å². The number of hydrogen-bond donors (Lipinski definition) is 2. The number of aliphatic hydroxyl groups excluding tert-OH is 1. The standard InChI is InChI=1S/C19H23NO5S/c1-12-8-13(2)19(14(3)9-12)26(22,23)20-7-6-16(21)15-4-5-17-18(10-15)25-11-24-17/h4-5,8-10,16,20-21H,6-7,11H2,1-3H3. The van der Waals surface area contributed by atoms with Crippen LogP contribution in [-0.4, -0.2) is 26.9 Å². The Kier molecular flexibility index (Phi) is 5.22. The molecule has 0 aliphatic carbocycles. The minimum Gasteiger partial charge on any atom is -0.454 e. The van der Waals surface area contributed by atoms with Crippen LogP contribution in [-0.2, 0) is 10.0 Å². The van der Waals surface area contributed by atoms with E-state index in [-0.39, 0.29) is 19.8 Å². The number of aryl methyl sites for hydroxylation is 3. The van der Waals surface area contributed by atoms with Crippen LogP contribution in [0.5, 0.6) is 11.5 Å². The van der Waals surface area contributed by atoms with Crippen LogP contribution < -0.4 is 14.2 Å². The van der Waals surface area contributed by atoms with Gasteiger partial charge in [-0.3, -0.25) is 0 Å². The number of rotatable bonds is 6. The number of hydrogen-bond acceptors (Lipinski definition) is 5. The van der Waals surface area contributed by atoms with Crippen molar-refractivity contribution in [2.75, 3.05) is 13.3 Å². The van der Waals surface area contributed by atoms with E-state index in [1.165, 1.54) is 0 Å². The molecule has 2 N–H and O–H groups in total. The first kappa shape index (κ1) is 18.7. The molecule has 2 aromatic rings. The molecule has 1 aliphatic rings. The molecule has 6 nitrogen and oxygen atoms in total. The van der Waals surface area contributed by atoms with Crippen LogP contribution in [0.25, 0.3) is 0 Å². The van der Waals surface area contributed by atoms with Gasteiger partial charge in [0.2, 0.25) is 16.8 Å². The smallest absolute Gasteiger partial charge is 0.241 e. The Morgan fingerprint density at radius 2 is 1.73 bits per heavy atom. The Balaban J connectivity index is 1.65. The highest BCUT2D eigenvalue weighted by Crippen LogP contribution is 2.34. The van der Waals surface area contributed by atoms with E-state index in [0.29, 0.717) is 33.1 Å². The van der Waals surface area contributed by atoms with E-state index in [4.69, 9.17) is 9.47 Å². The minimum atomic E-state index is -3.63. The number of sulfonamides is 1. The monoisotopic (exact) mass is 377 g/mol. The van der Waals surface area contributed by atoms with Gasteiger partial charge in [0, 0.05) is 6.54 Å². The van der Waals surface area contributed by atoms with Gasteiger partial charge in [-0.1, -0.05) is 23.8 Å². The Bertz CT molecular complexity index is 901. The van der Waals surface area contributed by atoms with Crippen LogP contribution in [0.4, 0.5) is 0 Å². The maximum atomic E-state index is 12.6. The SMILES string of the molecule is Cc1cc(C)c(S(=O)(=O)NCCC(O)c2ccc3c(c2)OCO3)c(C)c1. The van der Waals surface area contributed by atoms with E-state index in [1.54, 1.807) is 32.0 Å². The molecule has 1 aliphatic heterocycles. The first-order valence-electron chi connectivity index (χ1n) is 8.43. The second-order valence-corrected chi connectivity index (χ2v) is 8.25. The third-order valence-corrected chi connectivity index (χ3v) is 6.13. The Hall–Kier alpha value is -2.09. The summed E-state index contributed by atoms with van der Waals surface area (Å²) in [7, 11) is -3.63. The lowest BCUT2D eigenvalue weighted by molar-refractivity contribution is 0.166. The second-order valence-electron chi connectivity index (χ2n) is 6.54. The van der Waals surface area contributed by atoms with Crippen molar-refractivity contribution < 1.29 is 23.0 Å². The maximum absolute atomic E-state index is 12.6. The Morgan fingerprint density at radius 3 is 2.42 bits per heavy atom. The summed E-state index contributed by atoms with van der Waals surface area (Å²) in [6.45, 7) is 5.81. The van der Waals surface area contributed by atoms with E-state index in [9.17, 15) is 13.5 Å². The lowest BCUT2D eigenvalue weighted by Gasteiger charge is -2.15. The van der Waals surface area contributed by atoms with Crippen molar-refractivity contribution in [2.45, 2.75) is 38.2 Å². The summed E-state index contributed by atoms with van der Waals surface area (Å²) in [5, 5.41) is 10.3. The van der Waals surface area contributed by atoms with Gasteiger partial charge in [0.05, 0.1) is 11.0 Å². The van der Waals surface area contributed by atoms with Crippen molar-refractivity contribution in [1.29, 1.82) is 0 Å². The molecule has 0 bridgehead atoms. The van der Waals surface area contributed by atoms with Crippen molar-refractivity contribution in [3.05, 3.63) is 52.6 Å². The summed E-state index contributed by atoms with van der Waals surface area (Å²) < 4.78 is 38.4. The maximum Gasteiger partial charge on any atom is 0.241 e. The van der Waals surface area contributed by atoms with Crippen molar-refractivity contribution in [2.24, 2.45) is 0 Å². The van der Waals surface area contributed by atoms with Crippen molar-refractivity contribution in [3.8, 4) is 11.5 Å². The molecule has 3 rings (SSSR count). The molecule has 1 heterocycles. The molecule has 2 aromatic carbocycles. The molecule has 0 amide bonds. The largest absolute Gasteiger partial charge is 0.454 e. The topological polar surface area (TPSA) is 84.9 Å². The lowest BCUT2D eigenvalue weighted by atomic mass is 10.1. The molecule has 1 atom stereocenters. The lowest BCUT2D eigenvalue weighted by Crippen LogP contribution is -2.27. The van der Waals surface area contributed by atoms with Crippen LogP contribution >= 0.6 is 0 Å². The van der Waals surface area contributed by atoms with Gasteiger partial charge in [-0.2, -0.15) is 0 Å². The van der Waals surface area contributed by atoms with Crippen LogP contribution in [0.1, 0.15) is 34.8 Å². The zero-order chi connectivity index (χ0) is 18.9. The number of ether oxygens (including phenoxy) is 2. The van der Waals surface area contributed by atoms with Gasteiger partial charge in [-0.05, 0) is 56.0 Å². The third kappa shape index (κ3) is 3.85. The van der Waals surface area contributed by atoms with Crippen molar-refractivity contribution >= 4 is 10.0 Å². The number of fused-ring (bicyclic) bond motifs is 1. The highest BCUT2D eigenvalue weighted by Gasteiger charge is 2.21. The second kappa shape index (κ2) is 7.26. The molecule has 7 heteroatoms. The number of nitrogens with one attached hydrogen (secondary N) is 1. The van der Waals surface area contributed by atoms with Gasteiger partial charge in [0.15, 0.2) is 11.5 Å². The first-order valence-corrected chi connectivity index (χ1v) is 9.91. The zero-order valence-corrected chi connectivity index (χ0v) is 15.9. The molecule has 0 radical (unpaired) electrons. The predicted octanol–water partition coefficient (Wildman–Crippen LogP) is 2.74. The molecule has 0 fully saturated rings. The summed E-state index contributed by atoms with van der Waals surface area (Å²) in [6.07, 6.45) is -0.546. The van der Waals surface area contributed by atoms with Crippen molar-refractivity contribution in [1.82, 2.24) is 4.72 Å². The van der Waals surface area contributed by atoms with E-state index >= 15 is 0 Å². The molecule has 26 heavy (non-hydrogen) atoms. The van der Waals surface area contributed by atoms with Crippen LogP contribution in [0, 0.1) is 20.8 Å². The Morgan fingerprint density at radius 1 is 1.08 bits per heavy atom. The fraction of sp³-hybridized carbons (Fsp3) is 0.368. The van der Waals surface area contributed by atoms with Gasteiger partial charge >= 0.3 is 0 Å². The highest BCUT2D eigenvalue weighted by atomic mass is 32.2. The molecule has 1 unspecified atom stereocenters. The van der Waals surface area contributed by atoms with Gasteiger partial charge in [0.1, 0.15) is 0 Å².